The molecule has 0 amide bonds. The van der Waals surface area contributed by atoms with Gasteiger partial charge in [-0.15, -0.1) is 0 Å². The van der Waals surface area contributed by atoms with Crippen LogP contribution in [-0.4, -0.2) is 22.3 Å². The zero-order valence-corrected chi connectivity index (χ0v) is 12.4. The number of nitrogen functional groups attached to an aromatic ring is 1. The van der Waals surface area contributed by atoms with Crippen LogP contribution in [0.15, 0.2) is 48.5 Å². The van der Waals surface area contributed by atoms with E-state index < -0.39 is 0 Å². The Hall–Kier alpha value is -2.82. The molecule has 22 heavy (non-hydrogen) atoms. The third-order valence-corrected chi connectivity index (χ3v) is 3.47. The highest BCUT2D eigenvalue weighted by molar-refractivity contribution is 5.40. The van der Waals surface area contributed by atoms with Gasteiger partial charge in [0, 0.05) is 24.1 Å². The first-order valence-corrected chi connectivity index (χ1v) is 7.11. The molecule has 5 nitrogen and oxygen atoms in total. The van der Waals surface area contributed by atoms with Crippen LogP contribution in [0.1, 0.15) is 22.8 Å². The number of methoxy groups -OCH3 is 1. The molecule has 3 N–H and O–H groups in total. The maximum Gasteiger partial charge on any atom is 0.155 e. The largest absolute Gasteiger partial charge is 0.496 e. The first kappa shape index (κ1) is 14.1. The number of aromatic nitrogens is 3. The summed E-state index contributed by atoms with van der Waals surface area (Å²) in [5.41, 5.74) is 8.67. The summed E-state index contributed by atoms with van der Waals surface area (Å²) in [6, 6.07) is 15.7. The molecule has 1 aromatic heterocycles. The van der Waals surface area contributed by atoms with Crippen LogP contribution >= 0.6 is 0 Å². The van der Waals surface area contributed by atoms with E-state index in [0.29, 0.717) is 12.8 Å². The molecule has 0 saturated carbocycles. The Morgan fingerprint density at radius 1 is 1.05 bits per heavy atom. The summed E-state index contributed by atoms with van der Waals surface area (Å²) in [6.45, 7) is 0. The molecule has 1 heterocycles. The van der Waals surface area contributed by atoms with Crippen molar-refractivity contribution in [3.05, 3.63) is 71.3 Å². The van der Waals surface area contributed by atoms with Crippen LogP contribution in [0.5, 0.6) is 5.75 Å². The van der Waals surface area contributed by atoms with Gasteiger partial charge >= 0.3 is 0 Å². The smallest absolute Gasteiger partial charge is 0.155 e. The molecule has 0 bridgehead atoms. The number of rotatable bonds is 5. The number of aromatic amines is 1. The van der Waals surface area contributed by atoms with Crippen molar-refractivity contribution in [2.45, 2.75) is 12.8 Å². The normalized spacial score (nSPS) is 10.6. The number of hydrogen-bond donors (Lipinski definition) is 2. The molecule has 0 aliphatic heterocycles. The zero-order valence-electron chi connectivity index (χ0n) is 12.4. The zero-order chi connectivity index (χ0) is 15.4. The SMILES string of the molecule is COc1ccccc1Cc1n[nH]c(Cc2ccc(N)cc2)n1. The van der Waals surface area contributed by atoms with Crippen molar-refractivity contribution in [2.24, 2.45) is 0 Å². The number of nitrogens with one attached hydrogen (secondary N) is 1. The van der Waals surface area contributed by atoms with Crippen molar-refractivity contribution in [3.8, 4) is 5.75 Å². The maximum atomic E-state index is 5.69. The Bertz CT molecular complexity index is 749. The van der Waals surface area contributed by atoms with Gasteiger partial charge in [-0.3, -0.25) is 5.10 Å². The lowest BCUT2D eigenvalue weighted by molar-refractivity contribution is 0.410. The van der Waals surface area contributed by atoms with Crippen molar-refractivity contribution in [1.82, 2.24) is 15.2 Å². The average molecular weight is 294 g/mol. The monoisotopic (exact) mass is 294 g/mol. The van der Waals surface area contributed by atoms with E-state index >= 15 is 0 Å². The number of nitrogens with two attached hydrogens (primary N) is 1. The molecular weight excluding hydrogens is 276 g/mol. The van der Waals surface area contributed by atoms with Crippen LogP contribution in [0.3, 0.4) is 0 Å². The van der Waals surface area contributed by atoms with Gasteiger partial charge in [-0.25, -0.2) is 4.98 Å². The van der Waals surface area contributed by atoms with Crippen LogP contribution in [0.2, 0.25) is 0 Å². The number of benzene rings is 2. The van der Waals surface area contributed by atoms with Gasteiger partial charge in [0.2, 0.25) is 0 Å². The van der Waals surface area contributed by atoms with Crippen LogP contribution in [0.25, 0.3) is 0 Å². The highest BCUT2D eigenvalue weighted by Gasteiger charge is 2.08. The van der Waals surface area contributed by atoms with Gasteiger partial charge in [-0.05, 0) is 23.8 Å². The van der Waals surface area contributed by atoms with E-state index in [0.717, 1.165) is 34.2 Å². The lowest BCUT2D eigenvalue weighted by Crippen LogP contribution is -1.96. The molecular formula is C17H18N4O. The fourth-order valence-electron chi connectivity index (χ4n) is 2.34. The summed E-state index contributed by atoms with van der Waals surface area (Å²) >= 11 is 0. The van der Waals surface area contributed by atoms with Crippen LogP contribution in [0, 0.1) is 0 Å². The molecule has 0 fully saturated rings. The summed E-state index contributed by atoms with van der Waals surface area (Å²) in [4.78, 5) is 4.55. The number of para-hydroxylation sites is 1. The summed E-state index contributed by atoms with van der Waals surface area (Å²) in [5.74, 6) is 2.46. The maximum absolute atomic E-state index is 5.69. The minimum Gasteiger partial charge on any atom is -0.496 e. The number of ether oxygens (including phenoxy) is 1. The lowest BCUT2D eigenvalue weighted by atomic mass is 10.1. The van der Waals surface area contributed by atoms with Crippen LogP contribution in [0.4, 0.5) is 5.69 Å². The Morgan fingerprint density at radius 3 is 2.59 bits per heavy atom. The van der Waals surface area contributed by atoms with Gasteiger partial charge in [0.25, 0.3) is 0 Å². The van der Waals surface area contributed by atoms with Crippen molar-refractivity contribution in [3.63, 3.8) is 0 Å². The Balaban J connectivity index is 1.72. The van der Waals surface area contributed by atoms with Gasteiger partial charge < -0.3 is 10.5 Å². The second-order valence-electron chi connectivity index (χ2n) is 5.11. The minimum atomic E-state index is 0.641. The third-order valence-electron chi connectivity index (χ3n) is 3.47. The second kappa shape index (κ2) is 6.30. The Kier molecular flexibility index (Phi) is 4.05. The van der Waals surface area contributed by atoms with E-state index in [1.54, 1.807) is 7.11 Å². The van der Waals surface area contributed by atoms with Gasteiger partial charge in [0.15, 0.2) is 5.82 Å². The molecule has 0 aliphatic carbocycles. The first-order chi connectivity index (χ1) is 10.7. The molecule has 5 heteroatoms. The van der Waals surface area contributed by atoms with Crippen molar-refractivity contribution in [1.29, 1.82) is 0 Å². The summed E-state index contributed by atoms with van der Waals surface area (Å²) in [6.07, 6.45) is 1.35. The van der Waals surface area contributed by atoms with Gasteiger partial charge in [-0.1, -0.05) is 30.3 Å². The molecule has 0 aliphatic rings. The van der Waals surface area contributed by atoms with E-state index in [1.807, 2.05) is 48.5 Å². The van der Waals surface area contributed by atoms with E-state index in [2.05, 4.69) is 15.2 Å². The average Bonchev–Trinajstić information content (AvgIpc) is 2.97. The molecule has 3 rings (SSSR count). The fraction of sp³-hybridized carbons (Fsp3) is 0.176. The minimum absolute atomic E-state index is 0.641. The molecule has 112 valence electrons. The molecule has 0 saturated heterocycles. The quantitative estimate of drug-likeness (QED) is 0.709. The Morgan fingerprint density at radius 2 is 1.82 bits per heavy atom. The van der Waals surface area contributed by atoms with Crippen molar-refractivity contribution < 1.29 is 4.74 Å². The predicted octanol–water partition coefficient (Wildman–Crippen LogP) is 2.58. The number of H-pyrrole nitrogens is 1. The number of nitrogens with zero attached hydrogens (tertiary/aromatic N) is 2. The van der Waals surface area contributed by atoms with Gasteiger partial charge in [-0.2, -0.15) is 5.10 Å². The fourth-order valence-corrected chi connectivity index (χ4v) is 2.34. The predicted molar refractivity (Wildman–Crippen MR) is 85.8 cm³/mol. The highest BCUT2D eigenvalue weighted by atomic mass is 16.5. The molecule has 0 atom stereocenters. The van der Waals surface area contributed by atoms with Crippen molar-refractivity contribution >= 4 is 5.69 Å². The molecule has 0 spiro atoms. The van der Waals surface area contributed by atoms with Crippen LogP contribution < -0.4 is 10.5 Å². The molecule has 0 unspecified atom stereocenters. The first-order valence-electron chi connectivity index (χ1n) is 7.11. The standard InChI is InChI=1S/C17H18N4O/c1-22-15-5-3-2-4-13(15)11-17-19-16(20-21-17)10-12-6-8-14(18)9-7-12/h2-9H,10-11,18H2,1H3,(H,19,20,21). The number of hydrogen-bond acceptors (Lipinski definition) is 4. The van der Waals surface area contributed by atoms with E-state index in [1.165, 1.54) is 0 Å². The molecule has 2 aromatic carbocycles. The van der Waals surface area contributed by atoms with Crippen molar-refractivity contribution in [2.75, 3.05) is 12.8 Å². The van der Waals surface area contributed by atoms with Crippen LogP contribution in [-0.2, 0) is 12.8 Å². The highest BCUT2D eigenvalue weighted by Crippen LogP contribution is 2.19. The Labute approximate surface area is 129 Å². The van der Waals surface area contributed by atoms with Gasteiger partial charge in [0.05, 0.1) is 7.11 Å². The lowest BCUT2D eigenvalue weighted by Gasteiger charge is -2.05. The third kappa shape index (κ3) is 3.25. The van der Waals surface area contributed by atoms with E-state index in [4.69, 9.17) is 10.5 Å². The molecule has 3 aromatic rings. The summed E-state index contributed by atoms with van der Waals surface area (Å²) in [7, 11) is 1.67. The molecule has 0 radical (unpaired) electrons. The van der Waals surface area contributed by atoms with Gasteiger partial charge in [0.1, 0.15) is 11.6 Å². The number of anilines is 1. The van der Waals surface area contributed by atoms with E-state index in [9.17, 15) is 0 Å². The summed E-state index contributed by atoms with van der Waals surface area (Å²) < 4.78 is 5.35. The second-order valence-corrected chi connectivity index (χ2v) is 5.11. The van der Waals surface area contributed by atoms with E-state index in [-0.39, 0.29) is 0 Å². The summed E-state index contributed by atoms with van der Waals surface area (Å²) in [5, 5.41) is 7.28. The topological polar surface area (TPSA) is 76.8 Å².